The van der Waals surface area contributed by atoms with Crippen LogP contribution in [0.25, 0.3) is 127 Å². The average Bonchev–Trinajstić information content (AvgIpc) is 1.54. The molecule has 0 radical (unpaired) electrons. The molecule has 0 spiro atoms. The van der Waals surface area contributed by atoms with Crippen LogP contribution in [0.1, 0.15) is 70.8 Å². The van der Waals surface area contributed by atoms with Gasteiger partial charge in [0.1, 0.15) is 11.5 Å². The van der Waals surface area contributed by atoms with Crippen LogP contribution in [-0.4, -0.2) is 32.9 Å². The van der Waals surface area contributed by atoms with Gasteiger partial charge in [-0.1, -0.05) is 269 Å². The summed E-state index contributed by atoms with van der Waals surface area (Å²) < 4.78 is 18.6. The summed E-state index contributed by atoms with van der Waals surface area (Å²) >= 11 is 0. The Hall–Kier alpha value is -13.6. The van der Waals surface area contributed by atoms with E-state index in [1.807, 2.05) is 0 Å². The van der Waals surface area contributed by atoms with E-state index in [1.165, 1.54) is 138 Å². The zero-order chi connectivity index (χ0) is 73.1. The Morgan fingerprint density at radius 1 is 0.257 bits per heavy atom. The molecule has 21 rings (SSSR count). The molecule has 0 fully saturated rings. The van der Waals surface area contributed by atoms with E-state index in [0.29, 0.717) is 0 Å². The van der Waals surface area contributed by atoms with Crippen molar-refractivity contribution in [1.82, 2.24) is 18.7 Å². The summed E-state index contributed by atoms with van der Waals surface area (Å²) in [6.07, 6.45) is 0. The number of nitrogens with zero attached hydrogens (tertiary/aromatic N) is 4. The Morgan fingerprint density at radius 3 is 0.927 bits per heavy atom. The number of benzene rings is 15. The third-order valence-corrected chi connectivity index (χ3v) is 23.3. The lowest BCUT2D eigenvalue weighted by molar-refractivity contribution is 0.414. The van der Waals surface area contributed by atoms with Crippen LogP contribution in [-0.2, 0) is 16.2 Å². The second-order valence-corrected chi connectivity index (χ2v) is 30.0. The Labute approximate surface area is 634 Å². The first kappa shape index (κ1) is 65.0. The van der Waals surface area contributed by atoms with Crippen molar-refractivity contribution >= 4 is 65.4 Å². The predicted molar refractivity (Wildman–Crippen MR) is 451 cm³/mol. The molecule has 6 nitrogen and oxygen atoms in total. The van der Waals surface area contributed by atoms with Crippen molar-refractivity contribution in [1.29, 1.82) is 0 Å². The first-order valence-electron chi connectivity index (χ1n) is 37.6. The van der Waals surface area contributed by atoms with E-state index in [9.17, 15) is 0 Å². The van der Waals surface area contributed by atoms with Gasteiger partial charge in [0.25, 0.3) is 0 Å². The zero-order valence-electron chi connectivity index (χ0n) is 61.3. The number of methoxy groups -OCH3 is 2. The van der Waals surface area contributed by atoms with Gasteiger partial charge in [0.05, 0.1) is 69.5 Å². The lowest BCUT2D eigenvalue weighted by Gasteiger charge is -2.34. The smallest absolute Gasteiger partial charge is 0.118 e. The van der Waals surface area contributed by atoms with Crippen LogP contribution in [0.2, 0.25) is 0 Å². The molecule has 0 saturated heterocycles. The molecule has 2 aliphatic rings. The Morgan fingerprint density at radius 2 is 0.569 bits per heavy atom. The second-order valence-electron chi connectivity index (χ2n) is 30.0. The van der Waals surface area contributed by atoms with Crippen molar-refractivity contribution in [2.75, 3.05) is 14.2 Å². The Kier molecular flexibility index (Phi) is 15.3. The van der Waals surface area contributed by atoms with Gasteiger partial charge in [-0.25, -0.2) is 4.98 Å². The summed E-state index contributed by atoms with van der Waals surface area (Å²) in [5.74, 6) is 1.68. The minimum absolute atomic E-state index is 0.0381. The highest BCUT2D eigenvalue weighted by Crippen LogP contribution is 2.59. The highest BCUT2D eigenvalue weighted by atomic mass is 16.5. The Bertz CT molecular complexity index is 6230. The maximum absolute atomic E-state index is 5.73. The summed E-state index contributed by atoms with van der Waals surface area (Å²) in [5.41, 5.74) is 29.9. The van der Waals surface area contributed by atoms with E-state index in [2.05, 4.69) is 405 Å². The summed E-state index contributed by atoms with van der Waals surface area (Å²) in [7, 11) is 3.47. The number of para-hydroxylation sites is 4. The van der Waals surface area contributed by atoms with Crippen LogP contribution in [0, 0.1) is 0 Å². The minimum Gasteiger partial charge on any atom is -0.497 e. The monoisotopic (exact) mass is 1400 g/mol. The molecule has 19 aromatic rings. The molecule has 0 saturated carbocycles. The fraction of sp³-hybridized carbons (Fsp3) is 0.0777. The van der Waals surface area contributed by atoms with Crippen LogP contribution in [0.15, 0.2) is 370 Å². The van der Waals surface area contributed by atoms with Crippen molar-refractivity contribution in [3.05, 3.63) is 420 Å². The van der Waals surface area contributed by atoms with Gasteiger partial charge < -0.3 is 23.2 Å². The molecule has 109 heavy (non-hydrogen) atoms. The van der Waals surface area contributed by atoms with Crippen LogP contribution >= 0.6 is 0 Å². The third kappa shape index (κ3) is 10.1. The van der Waals surface area contributed by atoms with Gasteiger partial charge in [-0.2, -0.15) is 0 Å². The molecule has 4 heterocycles. The number of hydrogen-bond acceptors (Lipinski definition) is 3. The number of ether oxygens (including phenoxy) is 2. The summed E-state index contributed by atoms with van der Waals surface area (Å²) in [6, 6.07) is 135. The molecule has 6 heteroatoms. The van der Waals surface area contributed by atoms with Gasteiger partial charge in [0, 0.05) is 60.5 Å². The standard InChI is InChI=1S/C62H49NO2.C41H27N3/c1-60(2,3)40-22-30-45(31-23-40)63-58-36-28-43(61(41-24-32-46(64-4)33-25-41)54-18-10-6-14-48(54)49-15-7-11-19-55(49)61)38-52(58)53-39-44(29-37-59(53)63)62(42-26-34-47(65-5)35-27-42)56-20-12-8-16-50(56)51-17-9-13-21-57(51)62;1-5-22-38-32(16-1)33-17-2-6-23-39(33)43(38)30-14-9-12-28(26-30)36-20-11-21-37(42-36)29-13-10-15-31(27-29)44-40-24-7-3-18-34(40)35-19-4-8-25-41(35)44/h6-39H,1-5H3;1-27H. The van der Waals surface area contributed by atoms with Gasteiger partial charge in [-0.3, -0.25) is 0 Å². The molecule has 0 bridgehead atoms. The fourth-order valence-corrected chi connectivity index (χ4v) is 18.4. The molecule has 2 aliphatic carbocycles. The van der Waals surface area contributed by atoms with Crippen molar-refractivity contribution < 1.29 is 9.47 Å². The fourth-order valence-electron chi connectivity index (χ4n) is 18.4. The highest BCUT2D eigenvalue weighted by Gasteiger charge is 2.48. The van der Waals surface area contributed by atoms with Gasteiger partial charge in [-0.15, -0.1) is 0 Å². The molecule has 520 valence electrons. The summed E-state index contributed by atoms with van der Waals surface area (Å²) in [4.78, 5) is 5.19. The molecule has 0 N–H and O–H groups in total. The minimum atomic E-state index is -0.582. The van der Waals surface area contributed by atoms with E-state index >= 15 is 0 Å². The lowest BCUT2D eigenvalue weighted by Crippen LogP contribution is -2.28. The quantitative estimate of drug-likeness (QED) is 0.130. The Balaban J connectivity index is 0.000000154. The average molecular weight is 1400 g/mol. The summed E-state index contributed by atoms with van der Waals surface area (Å²) in [5, 5.41) is 7.46. The largest absolute Gasteiger partial charge is 0.497 e. The lowest BCUT2D eigenvalue weighted by atomic mass is 9.67. The van der Waals surface area contributed by atoms with Gasteiger partial charge in [-0.05, 0) is 199 Å². The molecule has 0 atom stereocenters. The highest BCUT2D eigenvalue weighted by molar-refractivity contribution is 6.12. The van der Waals surface area contributed by atoms with Gasteiger partial charge >= 0.3 is 0 Å². The van der Waals surface area contributed by atoms with Crippen LogP contribution in [0.5, 0.6) is 11.5 Å². The van der Waals surface area contributed by atoms with Crippen molar-refractivity contribution in [3.63, 3.8) is 0 Å². The van der Waals surface area contributed by atoms with Gasteiger partial charge in [0.2, 0.25) is 0 Å². The van der Waals surface area contributed by atoms with E-state index < -0.39 is 10.8 Å². The normalized spacial score (nSPS) is 13.1. The van der Waals surface area contributed by atoms with Crippen LogP contribution in [0.3, 0.4) is 0 Å². The predicted octanol–water partition coefficient (Wildman–Crippen LogP) is 25.4. The molecular weight excluding hydrogens is 1330 g/mol. The zero-order valence-corrected chi connectivity index (χ0v) is 61.3. The topological polar surface area (TPSA) is 46.1 Å². The first-order chi connectivity index (χ1) is 53.6. The van der Waals surface area contributed by atoms with E-state index in [-0.39, 0.29) is 5.41 Å². The maximum Gasteiger partial charge on any atom is 0.118 e. The van der Waals surface area contributed by atoms with Crippen molar-refractivity contribution in [2.45, 2.75) is 37.0 Å². The maximum atomic E-state index is 5.73. The molecule has 0 unspecified atom stereocenters. The van der Waals surface area contributed by atoms with E-state index in [4.69, 9.17) is 14.5 Å². The second kappa shape index (κ2) is 25.6. The van der Waals surface area contributed by atoms with Crippen molar-refractivity contribution in [3.8, 4) is 73.3 Å². The van der Waals surface area contributed by atoms with Crippen molar-refractivity contribution in [2.24, 2.45) is 0 Å². The number of fused-ring (bicyclic) bond motifs is 15. The number of hydrogen-bond donors (Lipinski definition) is 0. The molecule has 4 aromatic heterocycles. The third-order valence-electron chi connectivity index (χ3n) is 23.3. The molecular formula is C103H76N4O2. The number of rotatable bonds is 11. The molecule has 0 aliphatic heterocycles. The first-order valence-corrected chi connectivity index (χ1v) is 37.6. The SMILES string of the molecule is COc1ccc(C2(c3ccc4c(c3)c3cc(C5(c6ccc(OC)cc6)c6ccccc6-c6ccccc65)ccc3n4-c3ccc(C(C)(C)C)cc3)c3ccccc3-c3ccccc32)cc1.c1cc(-c2cccc(-c3cccc(-n4c5ccccc5c5ccccc54)c3)n2)cc(-n2c3ccccc3c3ccccc32)c1. The van der Waals surface area contributed by atoms with E-state index in [0.717, 1.165) is 51.1 Å². The van der Waals surface area contributed by atoms with Crippen LogP contribution in [0.4, 0.5) is 0 Å². The van der Waals surface area contributed by atoms with Crippen LogP contribution < -0.4 is 9.47 Å². The van der Waals surface area contributed by atoms with E-state index in [1.54, 1.807) is 14.2 Å². The van der Waals surface area contributed by atoms with Gasteiger partial charge in [0.15, 0.2) is 0 Å². The molecule has 0 amide bonds. The summed E-state index contributed by atoms with van der Waals surface area (Å²) in [6.45, 7) is 6.84. The molecule has 15 aromatic carbocycles. The number of pyridine rings is 1. The number of aromatic nitrogens is 4.